The van der Waals surface area contributed by atoms with Crippen LogP contribution in [-0.4, -0.2) is 70.8 Å². The number of piperidine rings is 2. The average molecular weight is 376 g/mol. The zero-order valence-electron chi connectivity index (χ0n) is 17.6. The minimum atomic E-state index is 0.0367. The average Bonchev–Trinajstić information content (AvgIpc) is 3.05. The van der Waals surface area contributed by atoms with Gasteiger partial charge >= 0.3 is 0 Å². The fourth-order valence-electron chi connectivity index (χ4n) is 4.49. The van der Waals surface area contributed by atoms with Crippen molar-refractivity contribution in [2.24, 2.45) is 5.92 Å². The summed E-state index contributed by atoms with van der Waals surface area (Å²) >= 11 is 0. The Bertz CT molecular complexity index is 618. The van der Waals surface area contributed by atoms with Crippen molar-refractivity contribution in [2.75, 3.05) is 33.2 Å². The molecule has 6 heteroatoms. The fourth-order valence-corrected chi connectivity index (χ4v) is 4.49. The van der Waals surface area contributed by atoms with E-state index in [1.807, 2.05) is 17.7 Å². The fraction of sp³-hybridized carbons (Fsp3) is 0.810. The molecule has 2 aliphatic heterocycles. The zero-order valence-corrected chi connectivity index (χ0v) is 17.6. The van der Waals surface area contributed by atoms with Gasteiger partial charge in [-0.25, -0.2) is 0 Å². The second-order valence-electron chi connectivity index (χ2n) is 8.78. The molecule has 3 rings (SSSR count). The molecule has 0 aliphatic carbocycles. The Morgan fingerprint density at radius 3 is 2.67 bits per heavy atom. The van der Waals surface area contributed by atoms with Crippen LogP contribution in [0, 0.1) is 5.92 Å². The zero-order chi connectivity index (χ0) is 19.4. The standard InChI is InChI=1S/C21H37N5O/c1-5-26-20(14-18(23-26)13-16(2)3)21(27)22-17-7-6-10-25(15-17)19-8-11-24(4)12-9-19/h14,16-17,19H,5-13,15H2,1-4H3,(H,22,27)/t17-/m1/s1. The molecule has 1 aromatic rings. The number of amides is 1. The molecule has 1 atom stereocenters. The molecule has 2 aliphatic rings. The van der Waals surface area contributed by atoms with Crippen LogP contribution in [0.3, 0.4) is 0 Å². The highest BCUT2D eigenvalue weighted by Gasteiger charge is 2.29. The Kier molecular flexibility index (Phi) is 6.93. The van der Waals surface area contributed by atoms with Gasteiger partial charge in [-0.1, -0.05) is 13.8 Å². The molecule has 0 spiro atoms. The summed E-state index contributed by atoms with van der Waals surface area (Å²) in [4.78, 5) is 18.0. The van der Waals surface area contributed by atoms with E-state index in [0.29, 0.717) is 17.7 Å². The quantitative estimate of drug-likeness (QED) is 0.829. The SMILES string of the molecule is CCn1nc(CC(C)C)cc1C(=O)N[C@@H]1CCCN(C2CCN(C)CC2)C1. The molecule has 0 aromatic carbocycles. The number of likely N-dealkylation sites (tertiary alicyclic amines) is 2. The van der Waals surface area contributed by atoms with Gasteiger partial charge in [-0.05, 0) is 77.7 Å². The Morgan fingerprint density at radius 1 is 1.26 bits per heavy atom. The molecule has 0 saturated carbocycles. The monoisotopic (exact) mass is 375 g/mol. The Hall–Kier alpha value is -1.40. The maximum atomic E-state index is 12.9. The summed E-state index contributed by atoms with van der Waals surface area (Å²) < 4.78 is 1.85. The Labute approximate surface area is 164 Å². The molecular weight excluding hydrogens is 338 g/mol. The van der Waals surface area contributed by atoms with Crippen LogP contribution in [0.4, 0.5) is 0 Å². The lowest BCUT2D eigenvalue weighted by Gasteiger charge is -2.41. The summed E-state index contributed by atoms with van der Waals surface area (Å²) in [5.41, 5.74) is 1.73. The van der Waals surface area contributed by atoms with Gasteiger partial charge in [-0.3, -0.25) is 14.4 Å². The largest absolute Gasteiger partial charge is 0.347 e. The summed E-state index contributed by atoms with van der Waals surface area (Å²) in [6, 6.07) is 2.91. The highest BCUT2D eigenvalue weighted by atomic mass is 16.2. The van der Waals surface area contributed by atoms with Crippen molar-refractivity contribution in [1.82, 2.24) is 24.9 Å². The van der Waals surface area contributed by atoms with Crippen LogP contribution < -0.4 is 5.32 Å². The van der Waals surface area contributed by atoms with Gasteiger partial charge < -0.3 is 10.2 Å². The van der Waals surface area contributed by atoms with Gasteiger partial charge in [0.2, 0.25) is 0 Å². The first-order valence-corrected chi connectivity index (χ1v) is 10.8. The van der Waals surface area contributed by atoms with E-state index in [1.54, 1.807) is 0 Å². The number of aromatic nitrogens is 2. The van der Waals surface area contributed by atoms with Crippen molar-refractivity contribution in [1.29, 1.82) is 0 Å². The van der Waals surface area contributed by atoms with Gasteiger partial charge in [-0.2, -0.15) is 5.10 Å². The minimum Gasteiger partial charge on any atom is -0.347 e. The van der Waals surface area contributed by atoms with E-state index in [2.05, 4.69) is 41.1 Å². The van der Waals surface area contributed by atoms with E-state index in [1.165, 1.54) is 38.9 Å². The van der Waals surface area contributed by atoms with E-state index in [9.17, 15) is 4.79 Å². The second kappa shape index (κ2) is 9.20. The van der Waals surface area contributed by atoms with E-state index < -0.39 is 0 Å². The van der Waals surface area contributed by atoms with Crippen molar-refractivity contribution in [2.45, 2.75) is 71.5 Å². The van der Waals surface area contributed by atoms with Gasteiger partial charge in [-0.15, -0.1) is 0 Å². The number of nitrogens with one attached hydrogen (secondary N) is 1. The maximum absolute atomic E-state index is 12.9. The van der Waals surface area contributed by atoms with Crippen LogP contribution in [0.1, 0.15) is 62.6 Å². The van der Waals surface area contributed by atoms with Crippen LogP contribution in [0.25, 0.3) is 0 Å². The molecule has 1 amide bonds. The summed E-state index contributed by atoms with van der Waals surface area (Å²) in [5.74, 6) is 0.581. The van der Waals surface area contributed by atoms with Crippen LogP contribution >= 0.6 is 0 Å². The normalized spacial score (nSPS) is 23.1. The molecule has 0 unspecified atom stereocenters. The lowest BCUT2D eigenvalue weighted by molar-refractivity contribution is 0.0760. The first-order chi connectivity index (χ1) is 13.0. The van der Waals surface area contributed by atoms with Crippen LogP contribution in [0.2, 0.25) is 0 Å². The smallest absolute Gasteiger partial charge is 0.269 e. The number of hydrogen-bond acceptors (Lipinski definition) is 4. The summed E-state index contributed by atoms with van der Waals surface area (Å²) in [6.07, 6.45) is 5.66. The van der Waals surface area contributed by atoms with E-state index in [4.69, 9.17) is 0 Å². The van der Waals surface area contributed by atoms with Gasteiger partial charge in [0.15, 0.2) is 0 Å². The summed E-state index contributed by atoms with van der Waals surface area (Å²) in [6.45, 7) is 11.7. The van der Waals surface area contributed by atoms with Gasteiger partial charge in [0.25, 0.3) is 5.91 Å². The van der Waals surface area contributed by atoms with Crippen LogP contribution in [0.5, 0.6) is 0 Å². The first kappa shape index (κ1) is 20.3. The van der Waals surface area contributed by atoms with Crippen LogP contribution in [-0.2, 0) is 13.0 Å². The minimum absolute atomic E-state index is 0.0367. The maximum Gasteiger partial charge on any atom is 0.269 e. The molecule has 152 valence electrons. The molecule has 1 N–H and O–H groups in total. The van der Waals surface area contributed by atoms with Crippen molar-refractivity contribution >= 4 is 5.91 Å². The number of nitrogens with zero attached hydrogens (tertiary/aromatic N) is 4. The number of carbonyl (C=O) groups excluding carboxylic acids is 1. The molecule has 1 aromatic heterocycles. The third-order valence-electron chi connectivity index (χ3n) is 5.97. The van der Waals surface area contributed by atoms with Crippen molar-refractivity contribution < 1.29 is 4.79 Å². The van der Waals surface area contributed by atoms with E-state index in [-0.39, 0.29) is 11.9 Å². The summed E-state index contributed by atoms with van der Waals surface area (Å²) in [5, 5.41) is 7.92. The van der Waals surface area contributed by atoms with Crippen molar-refractivity contribution in [3.8, 4) is 0 Å². The molecule has 2 fully saturated rings. The third kappa shape index (κ3) is 5.32. The van der Waals surface area contributed by atoms with Gasteiger partial charge in [0.1, 0.15) is 5.69 Å². The van der Waals surface area contributed by atoms with E-state index in [0.717, 1.165) is 31.6 Å². The molecule has 2 saturated heterocycles. The Morgan fingerprint density at radius 2 is 2.00 bits per heavy atom. The molecule has 3 heterocycles. The predicted octanol–water partition coefficient (Wildman–Crippen LogP) is 2.39. The number of aryl methyl sites for hydroxylation is 1. The third-order valence-corrected chi connectivity index (χ3v) is 5.97. The number of hydrogen-bond donors (Lipinski definition) is 1. The lowest BCUT2D eigenvalue weighted by Crippen LogP contribution is -2.53. The van der Waals surface area contributed by atoms with Gasteiger partial charge in [0, 0.05) is 25.2 Å². The molecule has 0 bridgehead atoms. The second-order valence-corrected chi connectivity index (χ2v) is 8.78. The molecule has 0 radical (unpaired) electrons. The molecular formula is C21H37N5O. The lowest BCUT2D eigenvalue weighted by atomic mass is 9.98. The number of rotatable bonds is 6. The Balaban J connectivity index is 1.59. The van der Waals surface area contributed by atoms with E-state index >= 15 is 0 Å². The summed E-state index contributed by atoms with van der Waals surface area (Å²) in [7, 11) is 2.21. The number of carbonyl (C=O) groups is 1. The van der Waals surface area contributed by atoms with Crippen molar-refractivity contribution in [3.05, 3.63) is 17.5 Å². The highest BCUT2D eigenvalue weighted by Crippen LogP contribution is 2.21. The predicted molar refractivity (Wildman–Crippen MR) is 109 cm³/mol. The van der Waals surface area contributed by atoms with Crippen molar-refractivity contribution in [3.63, 3.8) is 0 Å². The first-order valence-electron chi connectivity index (χ1n) is 10.8. The van der Waals surface area contributed by atoms with Gasteiger partial charge in [0.05, 0.1) is 5.69 Å². The topological polar surface area (TPSA) is 53.4 Å². The molecule has 6 nitrogen and oxygen atoms in total. The highest BCUT2D eigenvalue weighted by molar-refractivity contribution is 5.92. The molecule has 27 heavy (non-hydrogen) atoms. The van der Waals surface area contributed by atoms with Crippen LogP contribution in [0.15, 0.2) is 6.07 Å².